The molecule has 1 aromatic heterocycles. The topological polar surface area (TPSA) is 43.3 Å². The van der Waals surface area contributed by atoms with Crippen molar-refractivity contribution in [3.05, 3.63) is 52.3 Å². The van der Waals surface area contributed by atoms with Gasteiger partial charge in [0.25, 0.3) is 5.91 Å². The van der Waals surface area contributed by atoms with Crippen LogP contribution in [0.25, 0.3) is 0 Å². The number of amides is 1. The summed E-state index contributed by atoms with van der Waals surface area (Å²) in [4.78, 5) is 12.2. The summed E-state index contributed by atoms with van der Waals surface area (Å²) in [6, 6.07) is 9.68. The van der Waals surface area contributed by atoms with Crippen LogP contribution in [-0.2, 0) is 13.0 Å². The Morgan fingerprint density at radius 3 is 2.86 bits per heavy atom. The number of para-hydroxylation sites is 1. The molecule has 1 N–H and O–H groups in total. The normalized spacial score (nSPS) is 10.4. The van der Waals surface area contributed by atoms with Crippen molar-refractivity contribution in [2.24, 2.45) is 0 Å². The summed E-state index contributed by atoms with van der Waals surface area (Å²) >= 11 is 3.40. The lowest BCUT2D eigenvalue weighted by molar-refractivity contribution is 0.0945. The Hall–Kier alpha value is -1.75. The van der Waals surface area contributed by atoms with Crippen LogP contribution in [0.1, 0.15) is 23.0 Å². The maximum absolute atomic E-state index is 12.2. The van der Waals surface area contributed by atoms with E-state index in [1.807, 2.05) is 48.0 Å². The highest BCUT2D eigenvalue weighted by Crippen LogP contribution is 2.18. The number of hydrogen-bond acceptors (Lipinski definition) is 2. The third-order valence-electron chi connectivity index (χ3n) is 3.31. The van der Waals surface area contributed by atoms with Crippen LogP contribution in [0.15, 0.2) is 41.0 Å². The number of ether oxygens (including phenoxy) is 1. The van der Waals surface area contributed by atoms with Gasteiger partial charge in [0.05, 0.1) is 7.11 Å². The van der Waals surface area contributed by atoms with Gasteiger partial charge in [0.1, 0.15) is 11.4 Å². The summed E-state index contributed by atoms with van der Waals surface area (Å²) in [5.41, 5.74) is 1.76. The molecule has 0 saturated carbocycles. The summed E-state index contributed by atoms with van der Waals surface area (Å²) in [5.74, 6) is 0.795. The lowest BCUT2D eigenvalue weighted by Gasteiger charge is -2.10. The lowest BCUT2D eigenvalue weighted by atomic mass is 10.1. The van der Waals surface area contributed by atoms with Gasteiger partial charge in [-0.2, -0.15) is 0 Å². The zero-order valence-electron chi connectivity index (χ0n) is 12.2. The Bertz CT molecular complexity index is 622. The van der Waals surface area contributed by atoms with Crippen molar-refractivity contribution in [2.75, 3.05) is 13.7 Å². The van der Waals surface area contributed by atoms with Gasteiger partial charge in [-0.25, -0.2) is 0 Å². The average molecular weight is 351 g/mol. The van der Waals surface area contributed by atoms with E-state index in [0.717, 1.165) is 28.8 Å². The molecule has 21 heavy (non-hydrogen) atoms. The molecule has 1 aromatic carbocycles. The molecule has 0 aliphatic carbocycles. The van der Waals surface area contributed by atoms with Crippen LogP contribution in [-0.4, -0.2) is 24.1 Å². The first-order valence-electron chi connectivity index (χ1n) is 6.91. The highest BCUT2D eigenvalue weighted by molar-refractivity contribution is 9.10. The quantitative estimate of drug-likeness (QED) is 0.868. The van der Waals surface area contributed by atoms with Gasteiger partial charge in [-0.3, -0.25) is 4.79 Å². The molecule has 0 aliphatic heterocycles. The highest BCUT2D eigenvalue weighted by Gasteiger charge is 2.12. The number of rotatable bonds is 6. The van der Waals surface area contributed by atoms with Gasteiger partial charge in [-0.05, 0) is 47.0 Å². The third kappa shape index (κ3) is 3.88. The average Bonchev–Trinajstić information content (AvgIpc) is 2.89. The number of benzene rings is 1. The van der Waals surface area contributed by atoms with Crippen molar-refractivity contribution in [1.29, 1.82) is 0 Å². The predicted molar refractivity (Wildman–Crippen MR) is 86.8 cm³/mol. The molecule has 0 atom stereocenters. The maximum atomic E-state index is 12.2. The van der Waals surface area contributed by atoms with Crippen LogP contribution in [0.2, 0.25) is 0 Å². The molecule has 0 saturated heterocycles. The fraction of sp³-hybridized carbons (Fsp3) is 0.312. The summed E-state index contributed by atoms with van der Waals surface area (Å²) in [5, 5.41) is 2.95. The first kappa shape index (κ1) is 15.6. The molecule has 0 fully saturated rings. The van der Waals surface area contributed by atoms with E-state index in [2.05, 4.69) is 21.2 Å². The molecule has 1 amide bonds. The SMILES string of the molecule is CCn1cc(Br)cc1C(=O)NCCc1ccccc1OC. The van der Waals surface area contributed by atoms with Gasteiger partial charge in [0, 0.05) is 23.8 Å². The number of aryl methyl sites for hydroxylation is 1. The zero-order chi connectivity index (χ0) is 15.2. The number of nitrogens with one attached hydrogen (secondary N) is 1. The largest absolute Gasteiger partial charge is 0.496 e. The number of hydrogen-bond donors (Lipinski definition) is 1. The third-order valence-corrected chi connectivity index (χ3v) is 3.74. The molecular formula is C16H19BrN2O2. The minimum atomic E-state index is -0.0579. The second-order valence-corrected chi connectivity index (χ2v) is 5.56. The molecule has 112 valence electrons. The Morgan fingerprint density at radius 1 is 1.38 bits per heavy atom. The van der Waals surface area contributed by atoms with E-state index in [9.17, 15) is 4.79 Å². The Balaban J connectivity index is 1.95. The summed E-state index contributed by atoms with van der Waals surface area (Å²) in [6.07, 6.45) is 2.65. The molecule has 2 aromatic rings. The first-order chi connectivity index (χ1) is 10.2. The van der Waals surface area contributed by atoms with Gasteiger partial charge in [0.2, 0.25) is 0 Å². The molecule has 4 nitrogen and oxygen atoms in total. The molecule has 0 aliphatic rings. The van der Waals surface area contributed by atoms with Gasteiger partial charge in [0.15, 0.2) is 0 Å². The zero-order valence-corrected chi connectivity index (χ0v) is 13.8. The summed E-state index contributed by atoms with van der Waals surface area (Å²) in [6.45, 7) is 3.35. The Kier molecular flexibility index (Phi) is 5.44. The Morgan fingerprint density at radius 2 is 2.14 bits per heavy atom. The van der Waals surface area contributed by atoms with Crippen LogP contribution >= 0.6 is 15.9 Å². The minimum absolute atomic E-state index is 0.0579. The van der Waals surface area contributed by atoms with Crippen molar-refractivity contribution < 1.29 is 9.53 Å². The molecular weight excluding hydrogens is 332 g/mol. The number of methoxy groups -OCH3 is 1. The summed E-state index contributed by atoms with van der Waals surface area (Å²) < 4.78 is 8.14. The number of carbonyl (C=O) groups excluding carboxylic acids is 1. The fourth-order valence-electron chi connectivity index (χ4n) is 2.24. The molecule has 0 radical (unpaired) electrons. The van der Waals surface area contributed by atoms with E-state index in [4.69, 9.17) is 4.74 Å². The van der Waals surface area contributed by atoms with Crippen LogP contribution < -0.4 is 10.1 Å². The van der Waals surface area contributed by atoms with Crippen molar-refractivity contribution in [3.63, 3.8) is 0 Å². The monoisotopic (exact) mass is 350 g/mol. The number of aromatic nitrogens is 1. The van der Waals surface area contributed by atoms with Crippen LogP contribution in [0.5, 0.6) is 5.75 Å². The Labute approximate surface area is 133 Å². The number of halogens is 1. The maximum Gasteiger partial charge on any atom is 0.267 e. The van der Waals surface area contributed by atoms with E-state index >= 15 is 0 Å². The van der Waals surface area contributed by atoms with E-state index in [1.165, 1.54) is 0 Å². The second kappa shape index (κ2) is 7.31. The van der Waals surface area contributed by atoms with E-state index in [-0.39, 0.29) is 5.91 Å². The molecule has 0 unspecified atom stereocenters. The smallest absolute Gasteiger partial charge is 0.267 e. The van der Waals surface area contributed by atoms with Crippen molar-refractivity contribution in [1.82, 2.24) is 9.88 Å². The summed E-state index contributed by atoms with van der Waals surface area (Å²) in [7, 11) is 1.66. The minimum Gasteiger partial charge on any atom is -0.496 e. The van der Waals surface area contributed by atoms with Gasteiger partial charge < -0.3 is 14.6 Å². The fourth-order valence-corrected chi connectivity index (χ4v) is 2.70. The van der Waals surface area contributed by atoms with Gasteiger partial charge >= 0.3 is 0 Å². The molecule has 2 rings (SSSR count). The number of nitrogens with zero attached hydrogens (tertiary/aromatic N) is 1. The standard InChI is InChI=1S/C16H19BrN2O2/c1-3-19-11-13(17)10-14(19)16(20)18-9-8-12-6-4-5-7-15(12)21-2/h4-7,10-11H,3,8-9H2,1-2H3,(H,18,20). The van der Waals surface area contributed by atoms with E-state index in [0.29, 0.717) is 12.2 Å². The first-order valence-corrected chi connectivity index (χ1v) is 7.70. The molecule has 0 spiro atoms. The van der Waals surface area contributed by atoms with Gasteiger partial charge in [-0.15, -0.1) is 0 Å². The van der Waals surface area contributed by atoms with E-state index in [1.54, 1.807) is 7.11 Å². The van der Waals surface area contributed by atoms with Crippen molar-refractivity contribution >= 4 is 21.8 Å². The van der Waals surface area contributed by atoms with Crippen molar-refractivity contribution in [3.8, 4) is 5.75 Å². The highest BCUT2D eigenvalue weighted by atomic mass is 79.9. The lowest BCUT2D eigenvalue weighted by Crippen LogP contribution is -2.27. The van der Waals surface area contributed by atoms with Gasteiger partial charge in [-0.1, -0.05) is 18.2 Å². The van der Waals surface area contributed by atoms with Crippen molar-refractivity contribution in [2.45, 2.75) is 19.9 Å². The number of carbonyl (C=O) groups is 1. The van der Waals surface area contributed by atoms with Crippen LogP contribution in [0.3, 0.4) is 0 Å². The molecule has 5 heteroatoms. The van der Waals surface area contributed by atoms with E-state index < -0.39 is 0 Å². The predicted octanol–water partition coefficient (Wildman–Crippen LogP) is 3.25. The molecule has 1 heterocycles. The molecule has 0 bridgehead atoms. The second-order valence-electron chi connectivity index (χ2n) is 4.65. The van der Waals surface area contributed by atoms with Crippen LogP contribution in [0, 0.1) is 0 Å². The van der Waals surface area contributed by atoms with Crippen LogP contribution in [0.4, 0.5) is 0 Å².